The van der Waals surface area contributed by atoms with Crippen LogP contribution in [-0.2, 0) is 26.7 Å². The number of furan rings is 1. The summed E-state index contributed by atoms with van der Waals surface area (Å²) in [6.45, 7) is 1.35. The van der Waals surface area contributed by atoms with E-state index in [1.54, 1.807) is 10.7 Å². The second kappa shape index (κ2) is 4.96. The molecular formula is C11H15N3O2. The molecule has 0 amide bonds. The topological polar surface area (TPSA) is 63.2 Å². The summed E-state index contributed by atoms with van der Waals surface area (Å²) in [7, 11) is 1.89. The summed E-state index contributed by atoms with van der Waals surface area (Å²) < 4.78 is 7.11. The fourth-order valence-corrected chi connectivity index (χ4v) is 1.50. The van der Waals surface area contributed by atoms with Gasteiger partial charge in [-0.15, -0.1) is 0 Å². The minimum Gasteiger partial charge on any atom is -0.462 e. The first-order valence-electron chi connectivity index (χ1n) is 5.14. The summed E-state index contributed by atoms with van der Waals surface area (Å²) in [6, 6.07) is 3.64. The zero-order chi connectivity index (χ0) is 11.4. The van der Waals surface area contributed by atoms with Gasteiger partial charge in [-0.2, -0.15) is 5.10 Å². The fourth-order valence-electron chi connectivity index (χ4n) is 1.50. The zero-order valence-electron chi connectivity index (χ0n) is 9.18. The summed E-state index contributed by atoms with van der Waals surface area (Å²) in [6.07, 6.45) is 3.79. The van der Waals surface area contributed by atoms with E-state index < -0.39 is 0 Å². The summed E-state index contributed by atoms with van der Waals surface area (Å²) in [4.78, 5) is 0. The number of hydrogen-bond acceptors (Lipinski definition) is 4. The van der Waals surface area contributed by atoms with Gasteiger partial charge in [0.1, 0.15) is 18.1 Å². The molecule has 5 heteroatoms. The van der Waals surface area contributed by atoms with Crippen molar-refractivity contribution in [3.05, 3.63) is 41.6 Å². The number of nitrogens with zero attached hydrogens (tertiary/aromatic N) is 2. The second-order valence-electron chi connectivity index (χ2n) is 3.65. The van der Waals surface area contributed by atoms with Crippen molar-refractivity contribution in [2.75, 3.05) is 0 Å². The Morgan fingerprint density at radius 2 is 2.19 bits per heavy atom. The van der Waals surface area contributed by atoms with Crippen LogP contribution in [0.3, 0.4) is 0 Å². The highest BCUT2D eigenvalue weighted by Gasteiger charge is 2.01. The van der Waals surface area contributed by atoms with E-state index in [9.17, 15) is 0 Å². The van der Waals surface area contributed by atoms with Crippen LogP contribution in [0.15, 0.2) is 28.9 Å². The lowest BCUT2D eigenvalue weighted by Crippen LogP contribution is -2.11. The highest BCUT2D eigenvalue weighted by atomic mass is 16.4. The Labute approximate surface area is 93.7 Å². The number of rotatable bonds is 5. The quantitative estimate of drug-likeness (QED) is 0.783. The van der Waals surface area contributed by atoms with E-state index >= 15 is 0 Å². The molecule has 0 aliphatic carbocycles. The lowest BCUT2D eigenvalue weighted by atomic mass is 10.3. The summed E-state index contributed by atoms with van der Waals surface area (Å²) in [5.41, 5.74) is 1.14. The van der Waals surface area contributed by atoms with Gasteiger partial charge in [0.25, 0.3) is 0 Å². The van der Waals surface area contributed by atoms with E-state index in [0.717, 1.165) is 17.9 Å². The van der Waals surface area contributed by atoms with E-state index in [2.05, 4.69) is 10.4 Å². The van der Waals surface area contributed by atoms with Crippen LogP contribution in [0.4, 0.5) is 0 Å². The zero-order valence-corrected chi connectivity index (χ0v) is 9.18. The van der Waals surface area contributed by atoms with Gasteiger partial charge in [0.2, 0.25) is 0 Å². The molecule has 2 heterocycles. The normalized spacial score (nSPS) is 10.9. The van der Waals surface area contributed by atoms with Gasteiger partial charge < -0.3 is 14.8 Å². The summed E-state index contributed by atoms with van der Waals surface area (Å²) in [5.74, 6) is 1.42. The third-order valence-electron chi connectivity index (χ3n) is 2.26. The molecule has 0 saturated carbocycles. The van der Waals surface area contributed by atoms with Gasteiger partial charge in [-0.05, 0) is 12.1 Å². The van der Waals surface area contributed by atoms with Gasteiger partial charge >= 0.3 is 0 Å². The maximum atomic E-state index is 8.83. The van der Waals surface area contributed by atoms with Gasteiger partial charge in [0.05, 0.1) is 12.7 Å². The minimum absolute atomic E-state index is 0.0530. The van der Waals surface area contributed by atoms with Crippen LogP contribution in [0, 0.1) is 0 Å². The summed E-state index contributed by atoms with van der Waals surface area (Å²) in [5, 5.41) is 16.2. The van der Waals surface area contributed by atoms with Crippen LogP contribution < -0.4 is 5.32 Å². The third-order valence-corrected chi connectivity index (χ3v) is 2.26. The van der Waals surface area contributed by atoms with Crippen molar-refractivity contribution < 1.29 is 9.52 Å². The van der Waals surface area contributed by atoms with Crippen LogP contribution in [0.25, 0.3) is 0 Å². The van der Waals surface area contributed by atoms with E-state index in [4.69, 9.17) is 9.52 Å². The number of hydrogen-bond donors (Lipinski definition) is 2. The third kappa shape index (κ3) is 2.71. The number of nitrogens with one attached hydrogen (secondary N) is 1. The smallest absolute Gasteiger partial charge is 0.129 e. The minimum atomic E-state index is -0.0530. The Morgan fingerprint density at radius 1 is 1.38 bits per heavy atom. The van der Waals surface area contributed by atoms with Gasteiger partial charge in [-0.3, -0.25) is 4.68 Å². The maximum absolute atomic E-state index is 8.83. The maximum Gasteiger partial charge on any atom is 0.129 e. The first kappa shape index (κ1) is 10.9. The predicted molar refractivity (Wildman–Crippen MR) is 58.4 cm³/mol. The first-order chi connectivity index (χ1) is 7.78. The molecule has 0 saturated heterocycles. The average molecular weight is 221 g/mol. The molecule has 0 bridgehead atoms. The Bertz CT molecular complexity index is 448. The molecule has 0 aliphatic heterocycles. The van der Waals surface area contributed by atoms with Crippen LogP contribution in [0.5, 0.6) is 0 Å². The molecule has 86 valence electrons. The number of aromatic nitrogens is 2. The number of aliphatic hydroxyl groups is 1. The van der Waals surface area contributed by atoms with Gasteiger partial charge in [-0.25, -0.2) is 0 Å². The highest BCUT2D eigenvalue weighted by molar-refractivity contribution is 5.07. The van der Waals surface area contributed by atoms with Crippen molar-refractivity contribution in [3.8, 4) is 0 Å². The Balaban J connectivity index is 1.79. The average Bonchev–Trinajstić information content (AvgIpc) is 2.88. The molecule has 0 aliphatic rings. The second-order valence-corrected chi connectivity index (χ2v) is 3.65. The van der Waals surface area contributed by atoms with Crippen molar-refractivity contribution in [1.29, 1.82) is 0 Å². The Hall–Kier alpha value is -1.59. The van der Waals surface area contributed by atoms with Gasteiger partial charge in [-0.1, -0.05) is 0 Å². The van der Waals surface area contributed by atoms with Crippen LogP contribution in [0.1, 0.15) is 17.1 Å². The fraction of sp³-hybridized carbons (Fsp3) is 0.364. The summed E-state index contributed by atoms with van der Waals surface area (Å²) >= 11 is 0. The molecule has 0 fully saturated rings. The van der Waals surface area contributed by atoms with Crippen LogP contribution in [-0.4, -0.2) is 14.9 Å². The van der Waals surface area contributed by atoms with Crippen molar-refractivity contribution in [2.24, 2.45) is 7.05 Å². The monoisotopic (exact) mass is 221 g/mol. The number of aryl methyl sites for hydroxylation is 1. The molecule has 16 heavy (non-hydrogen) atoms. The number of aliphatic hydroxyl groups excluding tert-OH is 1. The predicted octanol–water partition coefficient (Wildman–Crippen LogP) is 0.795. The van der Waals surface area contributed by atoms with E-state index in [0.29, 0.717) is 12.3 Å². The van der Waals surface area contributed by atoms with Crippen molar-refractivity contribution >= 4 is 0 Å². The van der Waals surface area contributed by atoms with Gasteiger partial charge in [0.15, 0.2) is 0 Å². The van der Waals surface area contributed by atoms with Crippen molar-refractivity contribution in [2.45, 2.75) is 19.7 Å². The molecule has 5 nitrogen and oxygen atoms in total. The van der Waals surface area contributed by atoms with E-state index in [1.807, 2.05) is 25.5 Å². The molecule has 2 aromatic heterocycles. The standard InChI is InChI=1S/C11H15N3O2/c1-14-7-9(5-13-14)4-12-6-10-2-3-11(8-15)16-10/h2-3,5,7,12,15H,4,6,8H2,1H3. The van der Waals surface area contributed by atoms with Crippen molar-refractivity contribution in [3.63, 3.8) is 0 Å². The largest absolute Gasteiger partial charge is 0.462 e. The molecule has 0 atom stereocenters. The molecule has 2 N–H and O–H groups in total. The van der Waals surface area contributed by atoms with E-state index in [-0.39, 0.29) is 6.61 Å². The van der Waals surface area contributed by atoms with Crippen molar-refractivity contribution in [1.82, 2.24) is 15.1 Å². The van der Waals surface area contributed by atoms with E-state index in [1.165, 1.54) is 0 Å². The molecule has 2 aromatic rings. The molecule has 0 radical (unpaired) electrons. The lowest BCUT2D eigenvalue weighted by Gasteiger charge is -1.99. The molecule has 0 aromatic carbocycles. The molecule has 0 unspecified atom stereocenters. The molecular weight excluding hydrogens is 206 g/mol. The first-order valence-corrected chi connectivity index (χ1v) is 5.14. The lowest BCUT2D eigenvalue weighted by molar-refractivity contribution is 0.242. The highest BCUT2D eigenvalue weighted by Crippen LogP contribution is 2.07. The SMILES string of the molecule is Cn1cc(CNCc2ccc(CO)o2)cn1. The van der Waals surface area contributed by atoms with Gasteiger partial charge in [0, 0.05) is 25.4 Å². The molecule has 2 rings (SSSR count). The van der Waals surface area contributed by atoms with Crippen LogP contribution >= 0.6 is 0 Å². The van der Waals surface area contributed by atoms with Crippen LogP contribution in [0.2, 0.25) is 0 Å². The molecule has 0 spiro atoms. The Morgan fingerprint density at radius 3 is 2.81 bits per heavy atom. The Kier molecular flexibility index (Phi) is 3.38.